The van der Waals surface area contributed by atoms with Crippen LogP contribution in [-0.2, 0) is 11.2 Å². The molecule has 1 fully saturated rings. The third kappa shape index (κ3) is 6.12. The Balaban J connectivity index is 1.13. The first-order chi connectivity index (χ1) is 20.4. The van der Waals surface area contributed by atoms with Crippen molar-refractivity contribution in [2.75, 3.05) is 36.5 Å². The lowest BCUT2D eigenvalue weighted by Crippen LogP contribution is -2.36. The highest BCUT2D eigenvalue weighted by Gasteiger charge is 2.14. The van der Waals surface area contributed by atoms with E-state index >= 15 is 0 Å². The van der Waals surface area contributed by atoms with Crippen molar-refractivity contribution in [2.45, 2.75) is 13.3 Å². The van der Waals surface area contributed by atoms with E-state index in [9.17, 15) is 14.7 Å². The summed E-state index contributed by atoms with van der Waals surface area (Å²) < 4.78 is 5.44. The van der Waals surface area contributed by atoms with Crippen molar-refractivity contribution in [3.8, 4) is 5.88 Å². The van der Waals surface area contributed by atoms with Crippen LogP contribution in [0.5, 0.6) is 5.88 Å². The number of benzene rings is 3. The second-order valence-electron chi connectivity index (χ2n) is 10.2. The molecule has 1 aliphatic heterocycles. The molecule has 1 saturated heterocycles. The Morgan fingerprint density at radius 2 is 1.69 bits per heavy atom. The number of aliphatic imine (C=N–C) groups is 1. The summed E-state index contributed by atoms with van der Waals surface area (Å²) in [6.07, 6.45) is 2.38. The second-order valence-corrected chi connectivity index (χ2v) is 11.3. The monoisotopic (exact) mass is 578 g/mol. The van der Waals surface area contributed by atoms with Gasteiger partial charge in [0.05, 0.1) is 34.2 Å². The summed E-state index contributed by atoms with van der Waals surface area (Å²) in [5.74, 6) is -0.206. The van der Waals surface area contributed by atoms with Crippen molar-refractivity contribution >= 4 is 57.2 Å². The number of hydrogen-bond acceptors (Lipinski definition) is 7. The molecule has 0 radical (unpaired) electrons. The van der Waals surface area contributed by atoms with Crippen LogP contribution in [0.4, 0.5) is 17.1 Å². The van der Waals surface area contributed by atoms with Gasteiger partial charge in [-0.2, -0.15) is 0 Å². The van der Waals surface area contributed by atoms with Crippen molar-refractivity contribution in [1.29, 1.82) is 0 Å². The number of nitrogens with zero attached hydrogens (tertiary/aromatic N) is 2. The van der Waals surface area contributed by atoms with Crippen LogP contribution in [-0.4, -0.2) is 54.3 Å². The molecule has 8 nitrogen and oxygen atoms in total. The Morgan fingerprint density at radius 1 is 0.976 bits per heavy atom. The van der Waals surface area contributed by atoms with Crippen LogP contribution >= 0.6 is 11.3 Å². The Hall–Kier alpha value is -4.73. The van der Waals surface area contributed by atoms with Gasteiger partial charge in [-0.3, -0.25) is 14.6 Å². The second kappa shape index (κ2) is 12.0. The van der Waals surface area contributed by atoms with Gasteiger partial charge in [-0.1, -0.05) is 18.2 Å². The van der Waals surface area contributed by atoms with Gasteiger partial charge in [-0.15, -0.1) is 11.3 Å². The molecular formula is C33H30N4O4S. The zero-order valence-electron chi connectivity index (χ0n) is 23.1. The van der Waals surface area contributed by atoms with E-state index in [-0.39, 0.29) is 17.6 Å². The average Bonchev–Trinajstić information content (AvgIpc) is 3.63. The quantitative estimate of drug-likeness (QED) is 0.143. The van der Waals surface area contributed by atoms with Crippen LogP contribution in [0.1, 0.15) is 43.0 Å². The minimum absolute atomic E-state index is 0.0507. The highest BCUT2D eigenvalue weighted by molar-refractivity contribution is 7.16. The maximum atomic E-state index is 12.6. The molecule has 0 aliphatic carbocycles. The lowest BCUT2D eigenvalue weighted by molar-refractivity contribution is 0.101. The first-order valence-corrected chi connectivity index (χ1v) is 14.6. The first-order valence-electron chi connectivity index (χ1n) is 13.7. The number of morpholine rings is 1. The van der Waals surface area contributed by atoms with Crippen LogP contribution < -0.4 is 10.2 Å². The van der Waals surface area contributed by atoms with Crippen LogP contribution in [0.15, 0.2) is 83.9 Å². The van der Waals surface area contributed by atoms with Gasteiger partial charge in [-0.05, 0) is 85.1 Å². The number of thiophene rings is 1. The lowest BCUT2D eigenvalue weighted by Gasteiger charge is -2.28. The summed E-state index contributed by atoms with van der Waals surface area (Å²) in [5, 5.41) is 14.4. The molecular weight excluding hydrogens is 548 g/mol. The van der Waals surface area contributed by atoms with E-state index in [0.29, 0.717) is 27.4 Å². The number of ketones is 1. The number of carbonyl (C=O) groups excluding carboxylic acids is 2. The highest BCUT2D eigenvalue weighted by atomic mass is 32.1. The summed E-state index contributed by atoms with van der Waals surface area (Å²) in [6, 6.07) is 25.2. The van der Waals surface area contributed by atoms with Crippen molar-refractivity contribution in [2.24, 2.45) is 4.99 Å². The number of Topliss-reactive ketones (excluding diaryl/α,β-unsaturated/α-hetero) is 1. The van der Waals surface area contributed by atoms with Gasteiger partial charge < -0.3 is 25.0 Å². The molecule has 9 heteroatoms. The summed E-state index contributed by atoms with van der Waals surface area (Å²) in [6.45, 7) is 4.74. The third-order valence-electron chi connectivity index (χ3n) is 7.25. The van der Waals surface area contributed by atoms with Crippen molar-refractivity contribution < 1.29 is 19.4 Å². The van der Waals surface area contributed by atoms with Crippen LogP contribution in [0.3, 0.4) is 0 Å². The first kappa shape index (κ1) is 27.4. The number of H-pyrrole nitrogens is 1. The van der Waals surface area contributed by atoms with Crippen molar-refractivity contribution in [3.63, 3.8) is 0 Å². The topological polar surface area (TPSA) is 107 Å². The normalized spacial score (nSPS) is 13.6. The van der Waals surface area contributed by atoms with Crippen molar-refractivity contribution in [3.05, 3.63) is 105 Å². The van der Waals surface area contributed by atoms with E-state index in [0.717, 1.165) is 59.7 Å². The molecule has 3 N–H and O–H groups in total. The number of aromatic amines is 1. The molecule has 0 atom stereocenters. The van der Waals surface area contributed by atoms with Gasteiger partial charge in [0.2, 0.25) is 0 Å². The predicted molar refractivity (Wildman–Crippen MR) is 168 cm³/mol. The van der Waals surface area contributed by atoms with Crippen LogP contribution in [0.25, 0.3) is 10.9 Å². The van der Waals surface area contributed by atoms with Crippen LogP contribution in [0, 0.1) is 0 Å². The average molecular weight is 579 g/mol. The standard InChI is InChI=1S/C33H30N4O4S/c1-21(38)30-12-13-31(42-30)33(40)35-25-5-2-22(3-6-25)18-23-4-11-29-27(19-23)28(32(39)36-29)20-34-24-7-9-26(10-8-24)37-14-16-41-17-15-37/h2-13,19-20,36,39H,14-18H2,1H3,(H,35,40). The number of ether oxygens (including phenoxy) is 1. The largest absolute Gasteiger partial charge is 0.494 e. The number of rotatable bonds is 8. The summed E-state index contributed by atoms with van der Waals surface area (Å²) in [7, 11) is 0. The van der Waals surface area contributed by atoms with E-state index in [1.54, 1.807) is 18.3 Å². The number of nitrogens with one attached hydrogen (secondary N) is 2. The van der Waals surface area contributed by atoms with E-state index in [1.807, 2.05) is 48.5 Å². The predicted octanol–water partition coefficient (Wildman–Crippen LogP) is 6.57. The fourth-order valence-electron chi connectivity index (χ4n) is 4.98. The molecule has 0 saturated carbocycles. The number of aromatic nitrogens is 1. The summed E-state index contributed by atoms with van der Waals surface area (Å²) in [4.78, 5) is 35.1. The maximum absolute atomic E-state index is 12.6. The molecule has 2 aromatic heterocycles. The van der Waals surface area contributed by atoms with Gasteiger partial charge >= 0.3 is 0 Å². The molecule has 0 bridgehead atoms. The molecule has 6 rings (SSSR count). The Kier molecular flexibility index (Phi) is 7.85. The Labute approximate surface area is 247 Å². The fourth-order valence-corrected chi connectivity index (χ4v) is 5.78. The summed E-state index contributed by atoms with van der Waals surface area (Å²) in [5.41, 5.74) is 6.28. The van der Waals surface area contributed by atoms with Gasteiger partial charge in [0.15, 0.2) is 11.7 Å². The molecule has 3 heterocycles. The minimum atomic E-state index is -0.236. The Bertz CT molecular complexity index is 1760. The lowest BCUT2D eigenvalue weighted by atomic mass is 10.0. The van der Waals surface area contributed by atoms with Gasteiger partial charge in [0.1, 0.15) is 0 Å². The number of hydrogen-bond donors (Lipinski definition) is 3. The SMILES string of the molecule is CC(=O)c1ccc(C(=O)Nc2ccc(Cc3ccc4[nH]c(O)c(C=Nc5ccc(N6CCOCC6)cc5)c4c3)cc2)s1. The maximum Gasteiger partial charge on any atom is 0.265 e. The van der Waals surface area contributed by atoms with E-state index in [4.69, 9.17) is 4.74 Å². The molecule has 212 valence electrons. The molecule has 0 spiro atoms. The van der Waals surface area contributed by atoms with Gasteiger partial charge in [-0.25, -0.2) is 0 Å². The molecule has 5 aromatic rings. The molecule has 1 aliphatic rings. The molecule has 1 amide bonds. The molecule has 0 unspecified atom stereocenters. The van der Waals surface area contributed by atoms with E-state index in [1.165, 1.54) is 18.3 Å². The number of amides is 1. The smallest absolute Gasteiger partial charge is 0.265 e. The minimum Gasteiger partial charge on any atom is -0.494 e. The fraction of sp³-hybridized carbons (Fsp3) is 0.182. The zero-order valence-corrected chi connectivity index (χ0v) is 23.9. The number of fused-ring (bicyclic) bond motifs is 1. The third-order valence-corrected chi connectivity index (χ3v) is 8.43. The summed E-state index contributed by atoms with van der Waals surface area (Å²) >= 11 is 1.19. The van der Waals surface area contributed by atoms with Gasteiger partial charge in [0.25, 0.3) is 5.91 Å². The molecule has 42 heavy (non-hydrogen) atoms. The zero-order chi connectivity index (χ0) is 29.1. The Morgan fingerprint density at radius 3 is 2.40 bits per heavy atom. The van der Waals surface area contributed by atoms with Crippen LogP contribution in [0.2, 0.25) is 0 Å². The number of anilines is 2. The number of carbonyl (C=O) groups is 2. The highest BCUT2D eigenvalue weighted by Crippen LogP contribution is 2.29. The number of aromatic hydroxyl groups is 1. The van der Waals surface area contributed by atoms with E-state index in [2.05, 4.69) is 38.4 Å². The van der Waals surface area contributed by atoms with E-state index < -0.39 is 0 Å². The molecule has 3 aromatic carbocycles. The van der Waals surface area contributed by atoms with Gasteiger partial charge in [0, 0.05) is 41.6 Å². The van der Waals surface area contributed by atoms with Crippen molar-refractivity contribution in [1.82, 2.24) is 4.98 Å².